The van der Waals surface area contributed by atoms with Crippen LogP contribution in [0.4, 0.5) is 0 Å². The van der Waals surface area contributed by atoms with Crippen LogP contribution in [0.1, 0.15) is 29.6 Å². The molecule has 1 aliphatic heterocycles. The monoisotopic (exact) mass is 358 g/mol. The molecule has 5 heteroatoms. The van der Waals surface area contributed by atoms with Gasteiger partial charge in [0.2, 0.25) is 0 Å². The Balaban J connectivity index is 1.96. The normalized spacial score (nSPS) is 16.4. The van der Waals surface area contributed by atoms with Gasteiger partial charge in [-0.1, -0.05) is 17.7 Å². The van der Waals surface area contributed by atoms with E-state index in [1.165, 1.54) is 6.42 Å². The third-order valence-corrected chi connectivity index (χ3v) is 5.18. The molecule has 2 rings (SSSR count). The minimum Gasteiger partial charge on any atom is -0.339 e. The van der Waals surface area contributed by atoms with Crippen molar-refractivity contribution < 1.29 is 4.79 Å². The molecule has 1 heterocycles. The van der Waals surface area contributed by atoms with Crippen molar-refractivity contribution in [1.82, 2.24) is 10.2 Å². The number of halogens is 2. The first kappa shape index (κ1) is 15.8. The summed E-state index contributed by atoms with van der Waals surface area (Å²) in [5.41, 5.74) is 0.592. The van der Waals surface area contributed by atoms with E-state index in [0.29, 0.717) is 10.6 Å². The molecule has 1 amide bonds. The fraction of sp³-hybridized carbons (Fsp3) is 0.533. The molecule has 3 nitrogen and oxygen atoms in total. The molecular weight excluding hydrogens is 340 g/mol. The molecule has 110 valence electrons. The number of hydrogen-bond acceptors (Lipinski definition) is 2. The highest BCUT2D eigenvalue weighted by atomic mass is 79.9. The first-order valence-corrected chi connectivity index (χ1v) is 8.18. The SMILES string of the molecule is CNCCC1CCN(C(=O)c2cccc(Br)c2Cl)CC1. The summed E-state index contributed by atoms with van der Waals surface area (Å²) >= 11 is 9.57. The smallest absolute Gasteiger partial charge is 0.255 e. The highest BCUT2D eigenvalue weighted by Crippen LogP contribution is 2.28. The van der Waals surface area contributed by atoms with E-state index >= 15 is 0 Å². The Bertz CT molecular complexity index is 473. The van der Waals surface area contributed by atoms with E-state index in [0.717, 1.165) is 42.9 Å². The van der Waals surface area contributed by atoms with Crippen molar-refractivity contribution in [2.24, 2.45) is 5.92 Å². The van der Waals surface area contributed by atoms with Gasteiger partial charge in [0, 0.05) is 17.6 Å². The molecule has 1 fully saturated rings. The molecular formula is C15H20BrClN2O. The molecule has 0 atom stereocenters. The van der Waals surface area contributed by atoms with Crippen LogP contribution in [-0.4, -0.2) is 37.5 Å². The lowest BCUT2D eigenvalue weighted by molar-refractivity contribution is 0.0687. The van der Waals surface area contributed by atoms with E-state index in [1.807, 2.05) is 24.1 Å². The van der Waals surface area contributed by atoms with E-state index in [2.05, 4.69) is 21.2 Å². The van der Waals surface area contributed by atoms with Crippen LogP contribution in [0.5, 0.6) is 0 Å². The molecule has 0 spiro atoms. The zero-order chi connectivity index (χ0) is 14.5. The summed E-state index contributed by atoms with van der Waals surface area (Å²) in [5.74, 6) is 0.771. The first-order chi connectivity index (χ1) is 9.63. The molecule has 1 aliphatic rings. The van der Waals surface area contributed by atoms with Crippen molar-refractivity contribution in [2.45, 2.75) is 19.3 Å². The van der Waals surface area contributed by atoms with Crippen molar-refractivity contribution in [3.05, 3.63) is 33.3 Å². The maximum Gasteiger partial charge on any atom is 0.255 e. The van der Waals surface area contributed by atoms with Crippen molar-refractivity contribution in [3.63, 3.8) is 0 Å². The minimum atomic E-state index is 0.0448. The summed E-state index contributed by atoms with van der Waals surface area (Å²) in [4.78, 5) is 14.4. The van der Waals surface area contributed by atoms with Crippen LogP contribution < -0.4 is 5.32 Å². The van der Waals surface area contributed by atoms with Crippen molar-refractivity contribution >= 4 is 33.4 Å². The number of piperidine rings is 1. The standard InChI is InChI=1S/C15H20BrClN2O/c1-18-8-5-11-6-9-19(10-7-11)15(20)12-3-2-4-13(16)14(12)17/h2-4,11,18H,5-10H2,1H3. The first-order valence-electron chi connectivity index (χ1n) is 7.01. The van der Waals surface area contributed by atoms with E-state index in [9.17, 15) is 4.79 Å². The second-order valence-electron chi connectivity index (χ2n) is 5.23. The number of amides is 1. The Kier molecular flexibility index (Phi) is 5.87. The zero-order valence-electron chi connectivity index (χ0n) is 11.7. The highest BCUT2D eigenvalue weighted by Gasteiger charge is 2.24. The van der Waals surface area contributed by atoms with Crippen LogP contribution in [-0.2, 0) is 0 Å². The lowest BCUT2D eigenvalue weighted by Gasteiger charge is -2.32. The Hall–Kier alpha value is -0.580. The van der Waals surface area contributed by atoms with Crippen LogP contribution in [0.15, 0.2) is 22.7 Å². The van der Waals surface area contributed by atoms with E-state index in [-0.39, 0.29) is 5.91 Å². The van der Waals surface area contributed by atoms with Gasteiger partial charge in [-0.25, -0.2) is 0 Å². The van der Waals surface area contributed by atoms with E-state index < -0.39 is 0 Å². The molecule has 1 aromatic carbocycles. The van der Waals surface area contributed by atoms with Gasteiger partial charge in [-0.2, -0.15) is 0 Å². The fourth-order valence-electron chi connectivity index (χ4n) is 2.61. The number of nitrogens with one attached hydrogen (secondary N) is 1. The van der Waals surface area contributed by atoms with E-state index in [1.54, 1.807) is 6.07 Å². The van der Waals surface area contributed by atoms with Crippen molar-refractivity contribution in [3.8, 4) is 0 Å². The predicted octanol–water partition coefficient (Wildman–Crippen LogP) is 3.56. The maximum absolute atomic E-state index is 12.5. The molecule has 0 aliphatic carbocycles. The Morgan fingerprint density at radius 2 is 2.15 bits per heavy atom. The highest BCUT2D eigenvalue weighted by molar-refractivity contribution is 9.10. The quantitative estimate of drug-likeness (QED) is 0.891. The third-order valence-electron chi connectivity index (χ3n) is 3.89. The van der Waals surface area contributed by atoms with Crippen LogP contribution in [0.25, 0.3) is 0 Å². The minimum absolute atomic E-state index is 0.0448. The number of benzene rings is 1. The van der Waals surface area contributed by atoms with Crippen LogP contribution in [0.2, 0.25) is 5.02 Å². The summed E-state index contributed by atoms with van der Waals surface area (Å²) in [6.45, 7) is 2.71. The van der Waals surface area contributed by atoms with Crippen LogP contribution in [0.3, 0.4) is 0 Å². The number of likely N-dealkylation sites (tertiary alicyclic amines) is 1. The van der Waals surface area contributed by atoms with Gasteiger partial charge in [0.15, 0.2) is 0 Å². The molecule has 0 saturated carbocycles. The average molecular weight is 360 g/mol. The predicted molar refractivity (Wildman–Crippen MR) is 86.3 cm³/mol. The number of carbonyl (C=O) groups excluding carboxylic acids is 1. The largest absolute Gasteiger partial charge is 0.339 e. The summed E-state index contributed by atoms with van der Waals surface area (Å²) in [6, 6.07) is 5.49. The van der Waals surface area contributed by atoms with Gasteiger partial charge in [-0.3, -0.25) is 4.79 Å². The fourth-order valence-corrected chi connectivity index (χ4v) is 3.19. The van der Waals surface area contributed by atoms with Gasteiger partial charge in [0.1, 0.15) is 0 Å². The molecule has 1 aromatic rings. The van der Waals surface area contributed by atoms with Gasteiger partial charge in [0.25, 0.3) is 5.91 Å². The van der Waals surface area contributed by atoms with Gasteiger partial charge in [-0.15, -0.1) is 0 Å². The number of nitrogens with zero attached hydrogens (tertiary/aromatic N) is 1. The summed E-state index contributed by atoms with van der Waals surface area (Å²) < 4.78 is 0.772. The molecule has 0 aromatic heterocycles. The maximum atomic E-state index is 12.5. The molecule has 1 N–H and O–H groups in total. The average Bonchev–Trinajstić information content (AvgIpc) is 2.48. The van der Waals surface area contributed by atoms with Gasteiger partial charge in [-0.05, 0) is 66.8 Å². The van der Waals surface area contributed by atoms with Gasteiger partial charge in [0.05, 0.1) is 10.6 Å². The Labute approximate surface area is 133 Å². The summed E-state index contributed by atoms with van der Waals surface area (Å²) in [5, 5.41) is 3.69. The van der Waals surface area contributed by atoms with Crippen LogP contribution in [0, 0.1) is 5.92 Å². The summed E-state index contributed by atoms with van der Waals surface area (Å²) in [6.07, 6.45) is 3.36. The Morgan fingerprint density at radius 1 is 1.45 bits per heavy atom. The molecule has 1 saturated heterocycles. The number of hydrogen-bond donors (Lipinski definition) is 1. The molecule has 20 heavy (non-hydrogen) atoms. The van der Waals surface area contributed by atoms with Crippen LogP contribution >= 0.6 is 27.5 Å². The second-order valence-corrected chi connectivity index (χ2v) is 6.46. The Morgan fingerprint density at radius 3 is 2.80 bits per heavy atom. The number of rotatable bonds is 4. The molecule has 0 unspecified atom stereocenters. The number of carbonyl (C=O) groups is 1. The lowest BCUT2D eigenvalue weighted by atomic mass is 9.93. The van der Waals surface area contributed by atoms with E-state index in [4.69, 9.17) is 11.6 Å². The topological polar surface area (TPSA) is 32.3 Å². The zero-order valence-corrected chi connectivity index (χ0v) is 14.0. The van der Waals surface area contributed by atoms with Gasteiger partial charge >= 0.3 is 0 Å². The molecule has 0 radical (unpaired) electrons. The van der Waals surface area contributed by atoms with Crippen molar-refractivity contribution in [2.75, 3.05) is 26.7 Å². The van der Waals surface area contributed by atoms with Crippen molar-refractivity contribution in [1.29, 1.82) is 0 Å². The summed E-state index contributed by atoms with van der Waals surface area (Å²) in [7, 11) is 1.98. The second kappa shape index (κ2) is 7.43. The third kappa shape index (κ3) is 3.74. The van der Waals surface area contributed by atoms with Gasteiger partial charge < -0.3 is 10.2 Å². The lowest BCUT2D eigenvalue weighted by Crippen LogP contribution is -2.39. The molecule has 0 bridgehead atoms.